The Morgan fingerprint density at radius 3 is 2.66 bits per heavy atom. The van der Waals surface area contributed by atoms with Gasteiger partial charge in [-0.05, 0) is 18.1 Å². The van der Waals surface area contributed by atoms with Crippen LogP contribution in [0.25, 0.3) is 0 Å². The van der Waals surface area contributed by atoms with Gasteiger partial charge in [0.2, 0.25) is 0 Å². The quantitative estimate of drug-likeness (QED) is 0.206. The van der Waals surface area contributed by atoms with Gasteiger partial charge in [0.15, 0.2) is 0 Å². The predicted octanol–water partition coefficient (Wildman–Crippen LogP) is -0.248. The van der Waals surface area contributed by atoms with E-state index in [2.05, 4.69) is 10.3 Å². The normalized spacial score (nSPS) is 11.8. The average molecular weight is 402 g/mol. The molecule has 1 heterocycles. The van der Waals surface area contributed by atoms with E-state index in [0.717, 1.165) is 11.3 Å². The molecule has 1 unspecified atom stereocenters. The summed E-state index contributed by atoms with van der Waals surface area (Å²) in [4.78, 5) is 15.8. The number of aliphatic hydroxyl groups is 1. The predicted molar refractivity (Wildman–Crippen MR) is 108 cm³/mol. The molecule has 9 heteroatoms. The minimum absolute atomic E-state index is 0.162. The number of rotatable bonds is 13. The second-order valence-electron chi connectivity index (χ2n) is 6.57. The molecule has 156 valence electrons. The summed E-state index contributed by atoms with van der Waals surface area (Å²) >= 11 is 0. The van der Waals surface area contributed by atoms with Crippen LogP contribution < -0.4 is 10.8 Å². The van der Waals surface area contributed by atoms with Crippen molar-refractivity contribution in [3.05, 3.63) is 59.9 Å². The zero-order chi connectivity index (χ0) is 20.9. The maximum atomic E-state index is 11.7. The van der Waals surface area contributed by atoms with E-state index in [9.17, 15) is 9.90 Å². The summed E-state index contributed by atoms with van der Waals surface area (Å²) in [6, 6.07) is 12.8. The second kappa shape index (κ2) is 13.0. The summed E-state index contributed by atoms with van der Waals surface area (Å²) in [5.41, 5.74) is 1.99. The van der Waals surface area contributed by atoms with Crippen molar-refractivity contribution in [2.24, 2.45) is 0 Å². The zero-order valence-corrected chi connectivity index (χ0v) is 16.2. The number of carbonyl (C=O) groups is 1. The molecule has 0 bridgehead atoms. The first-order valence-electron chi connectivity index (χ1n) is 9.51. The van der Waals surface area contributed by atoms with Crippen LogP contribution in [0.1, 0.15) is 24.1 Å². The Morgan fingerprint density at radius 1 is 1.17 bits per heavy atom. The van der Waals surface area contributed by atoms with Crippen molar-refractivity contribution in [3.8, 4) is 0 Å². The smallest absolute Gasteiger partial charge is 0.461 e. The van der Waals surface area contributed by atoms with Gasteiger partial charge in [-0.15, -0.1) is 0 Å². The zero-order valence-electron chi connectivity index (χ0n) is 16.2. The Kier molecular flexibility index (Phi) is 10.3. The molecule has 2 rings (SSSR count). The van der Waals surface area contributed by atoms with Gasteiger partial charge in [-0.1, -0.05) is 36.4 Å². The molecule has 0 radical (unpaired) electrons. The monoisotopic (exact) mass is 402 g/mol. The van der Waals surface area contributed by atoms with Crippen LogP contribution in [0.3, 0.4) is 0 Å². The van der Waals surface area contributed by atoms with Gasteiger partial charge in [-0.3, -0.25) is 9.78 Å². The number of pyridine rings is 1. The Labute approximate surface area is 170 Å². The molecule has 0 fully saturated rings. The molecule has 1 aromatic carbocycles. The number of nitrogens with zero attached hydrogens (tertiary/aromatic N) is 1. The molecular weight excluding hydrogens is 375 g/mol. The van der Waals surface area contributed by atoms with E-state index in [-0.39, 0.29) is 25.6 Å². The van der Waals surface area contributed by atoms with Gasteiger partial charge in [0.25, 0.3) is 0 Å². The van der Waals surface area contributed by atoms with Crippen LogP contribution in [-0.4, -0.2) is 59.1 Å². The van der Waals surface area contributed by atoms with Gasteiger partial charge >= 0.3 is 13.1 Å². The van der Waals surface area contributed by atoms with Crippen LogP contribution in [0.2, 0.25) is 0 Å². The standard InChI is InChI=1S/C20H27BN2O6/c24-19(13-22-12-18-9-8-17(11-23-18)21(26)27)15-28-10-4-7-20(25)29-14-16-5-2-1-3-6-16/h1-3,5-6,8-9,11,19,22,24,26-27H,4,7,10,12-15H2. The number of carbonyl (C=O) groups excluding carboxylic acids is 1. The molecule has 0 saturated carbocycles. The van der Waals surface area contributed by atoms with Crippen LogP contribution in [0.4, 0.5) is 0 Å². The summed E-state index contributed by atoms with van der Waals surface area (Å²) in [5.74, 6) is -0.271. The minimum atomic E-state index is -1.53. The van der Waals surface area contributed by atoms with Crippen molar-refractivity contribution in [2.75, 3.05) is 19.8 Å². The van der Waals surface area contributed by atoms with E-state index in [1.165, 1.54) is 6.20 Å². The number of benzene rings is 1. The van der Waals surface area contributed by atoms with Gasteiger partial charge in [0, 0.05) is 37.8 Å². The number of ether oxygens (including phenoxy) is 2. The fourth-order valence-corrected chi connectivity index (χ4v) is 2.47. The van der Waals surface area contributed by atoms with Gasteiger partial charge in [-0.25, -0.2) is 0 Å². The molecule has 0 aliphatic heterocycles. The van der Waals surface area contributed by atoms with Crippen LogP contribution in [0.5, 0.6) is 0 Å². The second-order valence-corrected chi connectivity index (χ2v) is 6.57. The highest BCUT2D eigenvalue weighted by Crippen LogP contribution is 2.03. The molecule has 0 aliphatic rings. The third kappa shape index (κ3) is 9.64. The van der Waals surface area contributed by atoms with Crippen LogP contribution in [0.15, 0.2) is 48.7 Å². The molecule has 2 aromatic rings. The maximum absolute atomic E-state index is 11.7. The van der Waals surface area contributed by atoms with Gasteiger partial charge < -0.3 is 29.9 Å². The van der Waals surface area contributed by atoms with Crippen molar-refractivity contribution < 1.29 is 29.4 Å². The molecule has 8 nitrogen and oxygen atoms in total. The Bertz CT molecular complexity index is 715. The Morgan fingerprint density at radius 2 is 1.97 bits per heavy atom. The number of esters is 1. The summed E-state index contributed by atoms with van der Waals surface area (Å²) in [6.07, 6.45) is 1.51. The van der Waals surface area contributed by atoms with E-state index >= 15 is 0 Å². The molecule has 0 aliphatic carbocycles. The average Bonchev–Trinajstić information content (AvgIpc) is 2.73. The lowest BCUT2D eigenvalue weighted by atomic mass is 9.82. The van der Waals surface area contributed by atoms with Gasteiger partial charge in [0.1, 0.15) is 6.61 Å². The van der Waals surface area contributed by atoms with Crippen LogP contribution in [0, 0.1) is 0 Å². The molecule has 1 aromatic heterocycles. The topological polar surface area (TPSA) is 121 Å². The minimum Gasteiger partial charge on any atom is -0.461 e. The van der Waals surface area contributed by atoms with Crippen molar-refractivity contribution in [1.29, 1.82) is 0 Å². The summed E-state index contributed by atoms with van der Waals surface area (Å²) in [6.45, 7) is 1.56. The van der Waals surface area contributed by atoms with E-state index in [1.54, 1.807) is 12.1 Å². The largest absolute Gasteiger partial charge is 0.490 e. The number of aromatic nitrogens is 1. The maximum Gasteiger partial charge on any atom is 0.490 e. The lowest BCUT2D eigenvalue weighted by molar-refractivity contribution is -0.145. The molecule has 0 saturated heterocycles. The van der Waals surface area contributed by atoms with E-state index in [0.29, 0.717) is 31.6 Å². The lowest BCUT2D eigenvalue weighted by Gasteiger charge is -2.12. The van der Waals surface area contributed by atoms with E-state index < -0.39 is 13.2 Å². The van der Waals surface area contributed by atoms with E-state index in [1.807, 2.05) is 30.3 Å². The van der Waals surface area contributed by atoms with Gasteiger partial charge in [-0.2, -0.15) is 0 Å². The third-order valence-electron chi connectivity index (χ3n) is 4.05. The van der Waals surface area contributed by atoms with Crippen LogP contribution in [-0.2, 0) is 27.4 Å². The highest BCUT2D eigenvalue weighted by molar-refractivity contribution is 6.58. The fourth-order valence-electron chi connectivity index (χ4n) is 2.47. The fraction of sp³-hybridized carbons (Fsp3) is 0.400. The first-order chi connectivity index (χ1) is 14.0. The molecule has 0 spiro atoms. The van der Waals surface area contributed by atoms with Crippen molar-refractivity contribution >= 4 is 18.6 Å². The summed E-state index contributed by atoms with van der Waals surface area (Å²) in [7, 11) is -1.53. The molecule has 1 atom stereocenters. The molecular formula is C20H27BN2O6. The Balaban J connectivity index is 1.48. The third-order valence-corrected chi connectivity index (χ3v) is 4.05. The first kappa shape index (κ1) is 23.0. The van der Waals surface area contributed by atoms with Crippen LogP contribution >= 0.6 is 0 Å². The highest BCUT2D eigenvalue weighted by atomic mass is 16.5. The first-order valence-corrected chi connectivity index (χ1v) is 9.51. The van der Waals surface area contributed by atoms with Gasteiger partial charge in [0.05, 0.1) is 18.4 Å². The van der Waals surface area contributed by atoms with Crippen molar-refractivity contribution in [3.63, 3.8) is 0 Å². The molecule has 4 N–H and O–H groups in total. The van der Waals surface area contributed by atoms with Crippen molar-refractivity contribution in [2.45, 2.75) is 32.1 Å². The van der Waals surface area contributed by atoms with E-state index in [4.69, 9.17) is 19.5 Å². The lowest BCUT2D eigenvalue weighted by Crippen LogP contribution is -2.32. The van der Waals surface area contributed by atoms with Crippen molar-refractivity contribution in [1.82, 2.24) is 10.3 Å². The SMILES string of the molecule is O=C(CCCOCC(O)CNCc1ccc(B(O)O)cn1)OCc1ccccc1. The number of hydrogen-bond donors (Lipinski definition) is 4. The number of nitrogens with one attached hydrogen (secondary N) is 1. The summed E-state index contributed by atoms with van der Waals surface area (Å²) in [5, 5.41) is 31.0. The Hall–Kier alpha value is -2.30. The number of aliphatic hydroxyl groups excluding tert-OH is 1. The highest BCUT2D eigenvalue weighted by Gasteiger charge is 2.11. The summed E-state index contributed by atoms with van der Waals surface area (Å²) < 4.78 is 10.6. The molecule has 29 heavy (non-hydrogen) atoms. The number of hydrogen-bond acceptors (Lipinski definition) is 8. The molecule has 0 amide bonds.